The van der Waals surface area contributed by atoms with Crippen molar-refractivity contribution in [2.45, 2.75) is 308 Å². The van der Waals surface area contributed by atoms with E-state index in [0.717, 1.165) is 147 Å². The number of hydrogen-bond acceptors (Lipinski definition) is 12. The molecule has 12 nitrogen and oxygen atoms in total. The Hall–Kier alpha value is -6.92. The van der Waals surface area contributed by atoms with Crippen molar-refractivity contribution >= 4 is 51.6 Å². The third-order valence-corrected chi connectivity index (χ3v) is 31.2. The standard InChI is InChI=1S/C96H124O12P4/c1-5-9-13-17-21-25-29-33-49-61-77-81-65-83-78(62-50-34-30-26-22-18-14-10-6-2)85-67-87-80(64-52-36-32-28-24-20-16-12-8-4)88-68-86-79(63-51-35-31-27-23-19-15-11-7-3)84-66-82(77)90-70-92(84)104-111(99,75-57-45-39-46-58-75)106-94(86)72-96(88)108-112(100,76-59-47-40-48-60-76)107-95(87)71-93(85)105-110(98,74-55-43-38-44-56-74)103-91(83)69-89(81)101-109(97,102-90)73-53-41-37-42-54-73/h37-48,53-60,65-72,77-80H,5-36,49-52,61-64H2,1-4H3. The molecule has 0 saturated carbocycles. The zero-order valence-electron chi connectivity index (χ0n) is 67.4. The van der Waals surface area contributed by atoms with Crippen molar-refractivity contribution in [3.8, 4) is 46.0 Å². The Bertz CT molecular complexity index is 3820. The summed E-state index contributed by atoms with van der Waals surface area (Å²) in [5, 5.41) is 1.29. The van der Waals surface area contributed by atoms with Crippen LogP contribution in [0, 0.1) is 0 Å². The number of unbranched alkanes of at least 4 members (excludes halogenated alkanes) is 32. The number of hydrogen-bond donors (Lipinski definition) is 0. The van der Waals surface area contributed by atoms with E-state index in [9.17, 15) is 0 Å². The average molecular weight is 1590 g/mol. The van der Waals surface area contributed by atoms with E-state index in [1.165, 1.54) is 128 Å². The molecule has 13 rings (SSSR count). The normalized spacial score (nSPS) is 21.5. The predicted molar refractivity (Wildman–Crippen MR) is 460 cm³/mol. The van der Waals surface area contributed by atoms with Gasteiger partial charge in [-0.3, -0.25) is 0 Å². The molecule has 0 unspecified atom stereocenters. The molecule has 5 aliphatic rings. The molecule has 0 saturated heterocycles. The summed E-state index contributed by atoms with van der Waals surface area (Å²) in [5.74, 6) is 0.546. The number of benzene rings is 8. The van der Waals surface area contributed by atoms with Crippen LogP contribution in [-0.2, 0) is 18.3 Å². The first-order valence-corrected chi connectivity index (χ1v) is 49.9. The highest BCUT2D eigenvalue weighted by Gasteiger charge is 2.48. The topological polar surface area (TPSA) is 142 Å². The summed E-state index contributed by atoms with van der Waals surface area (Å²) in [6.45, 7) is 9.07. The van der Waals surface area contributed by atoms with Crippen LogP contribution in [0.1, 0.15) is 353 Å². The highest BCUT2D eigenvalue weighted by Crippen LogP contribution is 2.66. The van der Waals surface area contributed by atoms with Crippen LogP contribution < -0.4 is 57.4 Å². The first-order valence-electron chi connectivity index (χ1n) is 43.8. The largest absolute Gasteiger partial charge is 0.462 e. The van der Waals surface area contributed by atoms with Crippen LogP contribution >= 0.6 is 30.4 Å². The van der Waals surface area contributed by atoms with Crippen molar-refractivity contribution in [2.24, 2.45) is 0 Å². The molecule has 0 aromatic heterocycles. The van der Waals surface area contributed by atoms with E-state index in [0.29, 0.717) is 92.9 Å². The van der Waals surface area contributed by atoms with Gasteiger partial charge in [-0.1, -0.05) is 332 Å². The molecule has 8 bridgehead atoms. The predicted octanol–water partition coefficient (Wildman–Crippen LogP) is 29.4. The summed E-state index contributed by atoms with van der Waals surface area (Å²) in [6, 6.07) is 52.9. The van der Waals surface area contributed by atoms with Gasteiger partial charge >= 0.3 is 30.4 Å². The summed E-state index contributed by atoms with van der Waals surface area (Å²) in [7, 11) is -18.1. The Kier molecular flexibility index (Phi) is 30.1. The van der Waals surface area contributed by atoms with E-state index in [-0.39, 0.29) is 0 Å². The van der Waals surface area contributed by atoms with Crippen LogP contribution in [0.4, 0.5) is 0 Å². The minimum atomic E-state index is -4.52. The van der Waals surface area contributed by atoms with Gasteiger partial charge in [0.05, 0.1) is 21.2 Å². The summed E-state index contributed by atoms with van der Waals surface area (Å²) in [5.41, 5.74) is 6.41. The first kappa shape index (κ1) is 83.0. The molecule has 4 aliphatic heterocycles. The summed E-state index contributed by atoms with van der Waals surface area (Å²) in [4.78, 5) is 0. The SMILES string of the molecule is CCCCCCCCCCCC1c2cc3c4cc2OP(=O)(c2ccccc2)Oc2cc5c(cc21)C(CCCCCCCCCCC)c1cc2c(cc1OP(=O)(c1ccccc1)O5)OP(=O)(c1ccccc1)Oc1cc(c(cc1C2CCCCCCCCCCC)C3CCCCCCCCCCC)OP(=O)(c1ccccc1)O4. The summed E-state index contributed by atoms with van der Waals surface area (Å²) in [6.07, 6.45) is 43.3. The zero-order valence-corrected chi connectivity index (χ0v) is 71.0. The van der Waals surface area contributed by atoms with Crippen LogP contribution in [0.15, 0.2) is 170 Å². The molecular formula is C96H124O12P4. The lowest BCUT2D eigenvalue weighted by Gasteiger charge is -2.37. The van der Waals surface area contributed by atoms with Crippen LogP contribution in [0.25, 0.3) is 0 Å². The van der Waals surface area contributed by atoms with E-state index in [2.05, 4.69) is 52.0 Å². The van der Waals surface area contributed by atoms with E-state index >= 15 is 18.3 Å². The van der Waals surface area contributed by atoms with E-state index in [1.807, 2.05) is 97.1 Å². The van der Waals surface area contributed by atoms with Gasteiger partial charge in [0.1, 0.15) is 46.0 Å². The molecule has 8 aromatic rings. The van der Waals surface area contributed by atoms with Crippen molar-refractivity contribution in [1.82, 2.24) is 0 Å². The third-order valence-electron chi connectivity index (χ3n) is 24.0. The Morgan fingerprint density at radius 1 is 0.196 bits per heavy atom. The molecule has 600 valence electrons. The van der Waals surface area contributed by atoms with Crippen LogP contribution in [0.3, 0.4) is 0 Å². The van der Waals surface area contributed by atoms with Gasteiger partial charge in [-0.15, -0.1) is 0 Å². The van der Waals surface area contributed by atoms with Crippen molar-refractivity contribution in [3.05, 3.63) is 214 Å². The van der Waals surface area contributed by atoms with E-state index in [4.69, 9.17) is 36.2 Å². The Morgan fingerprint density at radius 3 is 0.491 bits per heavy atom. The lowest BCUT2D eigenvalue weighted by molar-refractivity contribution is 0.370. The molecule has 1 aliphatic carbocycles. The van der Waals surface area contributed by atoms with Crippen LogP contribution in [0.5, 0.6) is 46.0 Å². The molecule has 0 radical (unpaired) electrons. The molecule has 0 amide bonds. The first-order chi connectivity index (χ1) is 54.8. The maximum atomic E-state index is 17.0. The Labute approximate surface area is 670 Å². The lowest BCUT2D eigenvalue weighted by Crippen LogP contribution is -2.24. The fourth-order valence-corrected chi connectivity index (χ4v) is 24.2. The molecule has 0 N–H and O–H groups in total. The smallest absolute Gasteiger partial charge is 0.412 e. The fourth-order valence-electron chi connectivity index (χ4n) is 17.7. The second-order valence-corrected chi connectivity index (χ2v) is 40.0. The van der Waals surface area contributed by atoms with Gasteiger partial charge < -0.3 is 36.2 Å². The highest BCUT2D eigenvalue weighted by molar-refractivity contribution is 7.64. The molecule has 8 aromatic carbocycles. The molecule has 0 spiro atoms. The molecule has 0 fully saturated rings. The van der Waals surface area contributed by atoms with E-state index < -0.39 is 54.1 Å². The van der Waals surface area contributed by atoms with Gasteiger partial charge in [0.2, 0.25) is 0 Å². The quantitative estimate of drug-likeness (QED) is 0.0265. The van der Waals surface area contributed by atoms with Gasteiger partial charge in [-0.2, -0.15) is 0 Å². The summed E-state index contributed by atoms with van der Waals surface area (Å²) >= 11 is 0. The Morgan fingerprint density at radius 2 is 0.339 bits per heavy atom. The zero-order chi connectivity index (χ0) is 77.6. The third kappa shape index (κ3) is 20.5. The van der Waals surface area contributed by atoms with Crippen LogP contribution in [-0.4, -0.2) is 0 Å². The molecule has 16 heteroatoms. The highest BCUT2D eigenvalue weighted by atomic mass is 31.2. The molecule has 112 heavy (non-hydrogen) atoms. The fraction of sp³-hybridized carbons (Fsp3) is 0.500. The molecular weight excluding hydrogens is 1470 g/mol. The van der Waals surface area contributed by atoms with Gasteiger partial charge in [0.25, 0.3) is 0 Å². The summed E-state index contributed by atoms with van der Waals surface area (Å²) < 4.78 is 126. The second-order valence-electron chi connectivity index (χ2n) is 32.5. The molecule has 4 heterocycles. The van der Waals surface area contributed by atoms with Crippen molar-refractivity contribution in [2.75, 3.05) is 0 Å². The van der Waals surface area contributed by atoms with Crippen molar-refractivity contribution in [1.29, 1.82) is 0 Å². The van der Waals surface area contributed by atoms with Gasteiger partial charge in [-0.05, 0) is 98.5 Å². The van der Waals surface area contributed by atoms with Crippen molar-refractivity contribution in [3.63, 3.8) is 0 Å². The molecule has 0 atom stereocenters. The van der Waals surface area contributed by atoms with Crippen LogP contribution in [0.2, 0.25) is 0 Å². The maximum Gasteiger partial charge on any atom is 0.462 e. The van der Waals surface area contributed by atoms with Gasteiger partial charge in [0, 0.05) is 92.4 Å². The van der Waals surface area contributed by atoms with Gasteiger partial charge in [-0.25, -0.2) is 18.3 Å². The lowest BCUT2D eigenvalue weighted by atomic mass is 9.76. The monoisotopic (exact) mass is 1590 g/mol. The maximum absolute atomic E-state index is 17.0. The van der Waals surface area contributed by atoms with E-state index in [1.54, 1.807) is 48.5 Å². The number of rotatable bonds is 44. The van der Waals surface area contributed by atoms with Gasteiger partial charge in [0.15, 0.2) is 0 Å². The Balaban J connectivity index is 1.11. The minimum Gasteiger partial charge on any atom is -0.412 e. The van der Waals surface area contributed by atoms with Crippen molar-refractivity contribution < 1.29 is 54.5 Å². The second kappa shape index (κ2) is 40.6. The minimum absolute atomic E-state index is 0.295. The average Bonchev–Trinajstić information content (AvgIpc) is 0.739.